The molecule has 2 nitrogen and oxygen atoms in total. The SMILES string of the molecule is C=C1/C(=C\C=C2\CCC[C@@]3(C)[C@H]2CC[C@H]3[C@@H](C)/C=C/[C@@H](C)C(C)C)C[C@@H](O)C[C@@H]1O. The van der Waals surface area contributed by atoms with Gasteiger partial charge in [-0.2, -0.15) is 0 Å². The van der Waals surface area contributed by atoms with E-state index in [1.165, 1.54) is 32.1 Å². The standard InChI is InChI=1S/C28H44O2/c1-18(2)19(3)9-10-20(4)25-13-14-26-22(8-7-15-28(25,26)6)11-12-23-16-24(29)17-27(30)21(23)5/h9-12,18-20,24-27,29-30H,5,7-8,13-17H2,1-4,6H3/b10-9+,22-11-,23-12-/t19-,20+,24-,25+,26+,27+,28-/m1/s1. The van der Waals surface area contributed by atoms with Gasteiger partial charge in [-0.1, -0.05) is 71.1 Å². The molecule has 3 aliphatic carbocycles. The van der Waals surface area contributed by atoms with Gasteiger partial charge in [0.25, 0.3) is 0 Å². The van der Waals surface area contributed by atoms with Gasteiger partial charge in [0.05, 0.1) is 12.2 Å². The van der Waals surface area contributed by atoms with E-state index >= 15 is 0 Å². The fraction of sp³-hybridized carbons (Fsp3) is 0.714. The molecule has 0 saturated heterocycles. The molecule has 3 fully saturated rings. The third kappa shape index (κ3) is 4.86. The number of aliphatic hydroxyl groups excluding tert-OH is 2. The van der Waals surface area contributed by atoms with Gasteiger partial charge in [-0.05, 0) is 84.7 Å². The van der Waals surface area contributed by atoms with Gasteiger partial charge in [-0.25, -0.2) is 0 Å². The van der Waals surface area contributed by atoms with Crippen molar-refractivity contribution < 1.29 is 10.2 Å². The first kappa shape index (κ1) is 23.5. The first-order valence-corrected chi connectivity index (χ1v) is 12.3. The van der Waals surface area contributed by atoms with Crippen molar-refractivity contribution in [2.45, 2.75) is 91.8 Å². The van der Waals surface area contributed by atoms with E-state index in [1.54, 1.807) is 5.57 Å². The molecule has 3 saturated carbocycles. The molecular weight excluding hydrogens is 368 g/mol. The van der Waals surface area contributed by atoms with Gasteiger partial charge in [0.2, 0.25) is 0 Å². The molecule has 168 valence electrons. The molecule has 0 heterocycles. The summed E-state index contributed by atoms with van der Waals surface area (Å²) in [6, 6.07) is 0. The second kappa shape index (κ2) is 9.57. The number of hydrogen-bond acceptors (Lipinski definition) is 2. The predicted molar refractivity (Wildman–Crippen MR) is 127 cm³/mol. The molecule has 3 aliphatic rings. The van der Waals surface area contributed by atoms with Crippen LogP contribution < -0.4 is 0 Å². The van der Waals surface area contributed by atoms with Crippen LogP contribution in [0, 0.1) is 35.0 Å². The van der Waals surface area contributed by atoms with Crippen molar-refractivity contribution >= 4 is 0 Å². The molecule has 0 spiro atoms. The lowest BCUT2D eigenvalue weighted by atomic mass is 9.61. The molecule has 2 N–H and O–H groups in total. The van der Waals surface area contributed by atoms with Crippen LogP contribution in [0.3, 0.4) is 0 Å². The Kier molecular flexibility index (Phi) is 7.51. The van der Waals surface area contributed by atoms with E-state index in [4.69, 9.17) is 0 Å². The lowest BCUT2D eigenvalue weighted by Gasteiger charge is -2.44. The monoisotopic (exact) mass is 412 g/mol. The fourth-order valence-electron chi connectivity index (χ4n) is 6.32. The Morgan fingerprint density at radius 2 is 1.80 bits per heavy atom. The van der Waals surface area contributed by atoms with Crippen molar-refractivity contribution in [3.8, 4) is 0 Å². The summed E-state index contributed by atoms with van der Waals surface area (Å²) in [6.45, 7) is 16.0. The van der Waals surface area contributed by atoms with Gasteiger partial charge in [-0.3, -0.25) is 0 Å². The Morgan fingerprint density at radius 1 is 1.07 bits per heavy atom. The van der Waals surface area contributed by atoms with Gasteiger partial charge in [-0.15, -0.1) is 0 Å². The van der Waals surface area contributed by atoms with Gasteiger partial charge in [0, 0.05) is 6.42 Å². The van der Waals surface area contributed by atoms with Crippen LogP contribution in [0.4, 0.5) is 0 Å². The molecule has 30 heavy (non-hydrogen) atoms. The van der Waals surface area contributed by atoms with E-state index in [9.17, 15) is 10.2 Å². The third-order valence-corrected chi connectivity index (χ3v) is 8.71. The summed E-state index contributed by atoms with van der Waals surface area (Å²) >= 11 is 0. The third-order valence-electron chi connectivity index (χ3n) is 8.71. The Labute approximate surface area is 184 Å². The zero-order chi connectivity index (χ0) is 22.1. The largest absolute Gasteiger partial charge is 0.393 e. The normalized spacial score (nSPS) is 39.8. The zero-order valence-corrected chi connectivity index (χ0v) is 19.9. The fourth-order valence-corrected chi connectivity index (χ4v) is 6.32. The van der Waals surface area contributed by atoms with Crippen LogP contribution >= 0.6 is 0 Å². The van der Waals surface area contributed by atoms with Crippen molar-refractivity contribution in [3.05, 3.63) is 47.6 Å². The van der Waals surface area contributed by atoms with Crippen LogP contribution in [0.5, 0.6) is 0 Å². The first-order chi connectivity index (χ1) is 14.1. The molecule has 0 bridgehead atoms. The van der Waals surface area contributed by atoms with Crippen molar-refractivity contribution in [2.24, 2.45) is 35.0 Å². The van der Waals surface area contributed by atoms with Gasteiger partial charge < -0.3 is 10.2 Å². The molecule has 0 aliphatic heterocycles. The number of fused-ring (bicyclic) bond motifs is 1. The van der Waals surface area contributed by atoms with Crippen LogP contribution in [0.15, 0.2) is 47.6 Å². The lowest BCUT2D eigenvalue weighted by molar-refractivity contribution is 0.0862. The number of hydrogen-bond donors (Lipinski definition) is 2. The second-order valence-corrected chi connectivity index (χ2v) is 11.0. The maximum Gasteiger partial charge on any atom is 0.0811 e. The highest BCUT2D eigenvalue weighted by Crippen LogP contribution is 2.59. The minimum absolute atomic E-state index is 0.385. The highest BCUT2D eigenvalue weighted by molar-refractivity contribution is 5.38. The molecule has 0 aromatic heterocycles. The zero-order valence-electron chi connectivity index (χ0n) is 19.9. The Hall–Kier alpha value is -1.12. The van der Waals surface area contributed by atoms with Crippen LogP contribution in [0.25, 0.3) is 0 Å². The summed E-state index contributed by atoms with van der Waals surface area (Å²) in [5, 5.41) is 20.2. The summed E-state index contributed by atoms with van der Waals surface area (Å²) in [7, 11) is 0. The van der Waals surface area contributed by atoms with Crippen molar-refractivity contribution in [2.75, 3.05) is 0 Å². The molecule has 0 unspecified atom stereocenters. The molecule has 0 amide bonds. The molecule has 0 aromatic rings. The van der Waals surface area contributed by atoms with Gasteiger partial charge in [0.1, 0.15) is 0 Å². The van der Waals surface area contributed by atoms with E-state index in [0.29, 0.717) is 41.9 Å². The van der Waals surface area contributed by atoms with Crippen LogP contribution in [0.1, 0.15) is 79.6 Å². The topological polar surface area (TPSA) is 40.5 Å². The minimum Gasteiger partial charge on any atom is -0.393 e. The maximum atomic E-state index is 10.1. The van der Waals surface area contributed by atoms with E-state index in [0.717, 1.165) is 17.1 Å². The smallest absolute Gasteiger partial charge is 0.0811 e. The summed E-state index contributed by atoms with van der Waals surface area (Å²) < 4.78 is 0. The highest BCUT2D eigenvalue weighted by atomic mass is 16.3. The van der Waals surface area contributed by atoms with Crippen molar-refractivity contribution in [1.29, 1.82) is 0 Å². The maximum absolute atomic E-state index is 10.1. The molecule has 7 atom stereocenters. The van der Waals surface area contributed by atoms with Crippen molar-refractivity contribution in [3.63, 3.8) is 0 Å². The summed E-state index contributed by atoms with van der Waals surface area (Å²) in [5.74, 6) is 3.38. The van der Waals surface area contributed by atoms with Crippen LogP contribution in [-0.2, 0) is 0 Å². The van der Waals surface area contributed by atoms with Crippen LogP contribution in [-0.4, -0.2) is 22.4 Å². The lowest BCUT2D eigenvalue weighted by Crippen LogP contribution is -2.35. The second-order valence-electron chi connectivity index (χ2n) is 11.0. The molecular formula is C28H44O2. The summed E-state index contributed by atoms with van der Waals surface area (Å²) in [4.78, 5) is 0. The Balaban J connectivity index is 1.76. The first-order valence-electron chi connectivity index (χ1n) is 12.3. The average molecular weight is 413 g/mol. The average Bonchev–Trinajstić information content (AvgIpc) is 3.04. The molecule has 0 aromatic carbocycles. The van der Waals surface area contributed by atoms with E-state index in [-0.39, 0.29) is 0 Å². The Morgan fingerprint density at radius 3 is 2.50 bits per heavy atom. The molecule has 0 radical (unpaired) electrons. The van der Waals surface area contributed by atoms with E-state index in [2.05, 4.69) is 65.5 Å². The number of aliphatic hydroxyl groups is 2. The number of rotatable bonds is 5. The van der Waals surface area contributed by atoms with E-state index in [1.807, 2.05) is 0 Å². The summed E-state index contributed by atoms with van der Waals surface area (Å²) in [5.41, 5.74) is 3.77. The Bertz CT molecular complexity index is 712. The van der Waals surface area contributed by atoms with Gasteiger partial charge >= 0.3 is 0 Å². The van der Waals surface area contributed by atoms with Crippen LogP contribution in [0.2, 0.25) is 0 Å². The van der Waals surface area contributed by atoms with E-state index < -0.39 is 12.2 Å². The minimum atomic E-state index is -0.605. The quantitative estimate of drug-likeness (QED) is 0.499. The highest BCUT2D eigenvalue weighted by Gasteiger charge is 2.50. The molecule has 2 heteroatoms. The molecule has 3 rings (SSSR count). The number of allylic oxidation sites excluding steroid dienone is 5. The predicted octanol–water partition coefficient (Wildman–Crippen LogP) is 6.61. The van der Waals surface area contributed by atoms with Gasteiger partial charge in [0.15, 0.2) is 0 Å². The summed E-state index contributed by atoms with van der Waals surface area (Å²) in [6.07, 6.45) is 15.8. The van der Waals surface area contributed by atoms with Crippen molar-refractivity contribution in [1.82, 2.24) is 0 Å².